The number of benzene rings is 1. The van der Waals surface area contributed by atoms with Gasteiger partial charge in [-0.05, 0) is 80.2 Å². The number of carbonyl (C=O) groups excluding carboxylic acids is 2. The smallest absolute Gasteiger partial charge is 0.348 e. The summed E-state index contributed by atoms with van der Waals surface area (Å²) >= 11 is 1.54. The normalized spacial score (nSPS) is 16.3. The van der Waals surface area contributed by atoms with Crippen molar-refractivity contribution in [3.05, 3.63) is 56.3 Å². The maximum Gasteiger partial charge on any atom is 0.348 e. The van der Waals surface area contributed by atoms with Crippen molar-refractivity contribution in [1.82, 2.24) is 0 Å². The third-order valence-electron chi connectivity index (χ3n) is 5.45. The molecule has 0 aliphatic heterocycles. The molecule has 0 N–H and O–H groups in total. The molecule has 2 aromatic rings. The molecule has 0 spiro atoms. The van der Waals surface area contributed by atoms with Gasteiger partial charge in [0.1, 0.15) is 4.88 Å². The molecule has 4 heteroatoms. The minimum atomic E-state index is -0.366. The first-order valence-corrected chi connectivity index (χ1v) is 10.5. The third kappa shape index (κ3) is 3.75. The predicted molar refractivity (Wildman–Crippen MR) is 103 cm³/mol. The summed E-state index contributed by atoms with van der Waals surface area (Å²) in [6, 6.07) is 7.88. The Morgan fingerprint density at radius 3 is 2.46 bits per heavy atom. The van der Waals surface area contributed by atoms with Gasteiger partial charge in [0.05, 0.1) is 0 Å². The summed E-state index contributed by atoms with van der Waals surface area (Å²) in [6.45, 7) is -0.180. The van der Waals surface area contributed by atoms with Gasteiger partial charge in [0, 0.05) is 10.4 Å². The van der Waals surface area contributed by atoms with Gasteiger partial charge in [-0.25, -0.2) is 4.79 Å². The van der Waals surface area contributed by atoms with Crippen molar-refractivity contribution in [2.75, 3.05) is 6.61 Å². The van der Waals surface area contributed by atoms with Crippen molar-refractivity contribution in [2.45, 2.75) is 57.8 Å². The Balaban J connectivity index is 1.39. The fourth-order valence-corrected chi connectivity index (χ4v) is 5.11. The average molecular weight is 368 g/mol. The molecule has 136 valence electrons. The van der Waals surface area contributed by atoms with E-state index in [1.54, 1.807) is 0 Å². The molecule has 0 saturated carbocycles. The first-order chi connectivity index (χ1) is 12.7. The van der Waals surface area contributed by atoms with Gasteiger partial charge in [0.15, 0.2) is 12.4 Å². The molecule has 2 aliphatic carbocycles. The summed E-state index contributed by atoms with van der Waals surface area (Å²) in [6.07, 6.45) is 10.3. The molecule has 0 saturated heterocycles. The van der Waals surface area contributed by atoms with Crippen LogP contribution in [-0.4, -0.2) is 18.4 Å². The van der Waals surface area contributed by atoms with E-state index in [-0.39, 0.29) is 18.4 Å². The maximum atomic E-state index is 12.4. The van der Waals surface area contributed by atoms with E-state index < -0.39 is 0 Å². The van der Waals surface area contributed by atoms with Crippen LogP contribution in [0.5, 0.6) is 0 Å². The summed E-state index contributed by atoms with van der Waals surface area (Å²) in [5.41, 5.74) is 4.57. The van der Waals surface area contributed by atoms with E-state index >= 15 is 0 Å². The second kappa shape index (κ2) is 7.75. The SMILES string of the molecule is O=C(COC(=O)c1cc2c(s1)CCCCC2)c1ccc2c(c1)CCCC2. The second-order valence-corrected chi connectivity index (χ2v) is 8.45. The fourth-order valence-electron chi connectivity index (χ4n) is 3.96. The van der Waals surface area contributed by atoms with Crippen LogP contribution >= 0.6 is 11.3 Å². The molecule has 0 radical (unpaired) electrons. The zero-order valence-electron chi connectivity index (χ0n) is 15.0. The number of ether oxygens (including phenoxy) is 1. The zero-order valence-corrected chi connectivity index (χ0v) is 15.8. The first kappa shape index (κ1) is 17.5. The molecule has 1 aromatic carbocycles. The van der Waals surface area contributed by atoms with E-state index in [1.807, 2.05) is 18.2 Å². The Labute approximate surface area is 158 Å². The molecule has 0 unspecified atom stereocenters. The number of fused-ring (bicyclic) bond motifs is 2. The molecule has 0 amide bonds. The number of carbonyl (C=O) groups is 2. The van der Waals surface area contributed by atoms with Crippen LogP contribution in [0.3, 0.4) is 0 Å². The van der Waals surface area contributed by atoms with Crippen molar-refractivity contribution in [3.63, 3.8) is 0 Å². The topological polar surface area (TPSA) is 43.4 Å². The maximum absolute atomic E-state index is 12.4. The Hall–Kier alpha value is -1.94. The highest BCUT2D eigenvalue weighted by Gasteiger charge is 2.19. The van der Waals surface area contributed by atoms with E-state index in [1.165, 1.54) is 65.0 Å². The lowest BCUT2D eigenvalue weighted by molar-refractivity contribution is 0.0479. The van der Waals surface area contributed by atoms with Crippen molar-refractivity contribution in [2.24, 2.45) is 0 Å². The molecule has 3 nitrogen and oxygen atoms in total. The number of thiophene rings is 1. The Morgan fingerprint density at radius 1 is 0.846 bits per heavy atom. The Bertz CT molecular complexity index is 810. The van der Waals surface area contributed by atoms with E-state index in [4.69, 9.17) is 4.74 Å². The lowest BCUT2D eigenvalue weighted by Gasteiger charge is -2.16. The van der Waals surface area contributed by atoms with E-state index in [0.717, 1.165) is 25.7 Å². The highest BCUT2D eigenvalue weighted by Crippen LogP contribution is 2.29. The summed E-state index contributed by atoms with van der Waals surface area (Å²) in [4.78, 5) is 26.7. The van der Waals surface area contributed by atoms with Gasteiger partial charge < -0.3 is 4.74 Å². The number of esters is 1. The first-order valence-electron chi connectivity index (χ1n) is 9.64. The summed E-state index contributed by atoms with van der Waals surface area (Å²) < 4.78 is 5.32. The van der Waals surface area contributed by atoms with Crippen molar-refractivity contribution < 1.29 is 14.3 Å². The van der Waals surface area contributed by atoms with Gasteiger partial charge in [0.2, 0.25) is 0 Å². The number of hydrogen-bond acceptors (Lipinski definition) is 4. The van der Waals surface area contributed by atoms with Crippen LogP contribution in [0.2, 0.25) is 0 Å². The Kier molecular flexibility index (Phi) is 5.21. The molecule has 0 bridgehead atoms. The predicted octanol–water partition coefficient (Wildman–Crippen LogP) is 4.94. The molecule has 0 atom stereocenters. The molecular formula is C22H24O3S. The number of Topliss-reactive ketones (excluding diaryl/α,β-unsaturated/α-hetero) is 1. The van der Waals surface area contributed by atoms with Gasteiger partial charge >= 0.3 is 5.97 Å². The molecule has 0 fully saturated rings. The number of aryl methyl sites for hydroxylation is 4. The van der Waals surface area contributed by atoms with Crippen molar-refractivity contribution in [3.8, 4) is 0 Å². The van der Waals surface area contributed by atoms with Crippen LogP contribution < -0.4 is 0 Å². The number of ketones is 1. The van der Waals surface area contributed by atoms with Crippen LogP contribution in [0, 0.1) is 0 Å². The summed E-state index contributed by atoms with van der Waals surface area (Å²) in [7, 11) is 0. The summed E-state index contributed by atoms with van der Waals surface area (Å²) in [5.74, 6) is -0.487. The summed E-state index contributed by atoms with van der Waals surface area (Å²) in [5, 5.41) is 0. The monoisotopic (exact) mass is 368 g/mol. The quantitative estimate of drug-likeness (QED) is 0.436. The van der Waals surface area contributed by atoms with Gasteiger partial charge in [0.25, 0.3) is 0 Å². The third-order valence-corrected chi connectivity index (χ3v) is 6.67. The van der Waals surface area contributed by atoms with E-state index in [9.17, 15) is 9.59 Å². The molecule has 4 rings (SSSR count). The van der Waals surface area contributed by atoms with E-state index in [0.29, 0.717) is 10.4 Å². The van der Waals surface area contributed by atoms with Crippen LogP contribution in [0.25, 0.3) is 0 Å². The average Bonchev–Trinajstić information content (AvgIpc) is 2.96. The molecule has 26 heavy (non-hydrogen) atoms. The highest BCUT2D eigenvalue weighted by atomic mass is 32.1. The van der Waals surface area contributed by atoms with Crippen molar-refractivity contribution >= 4 is 23.1 Å². The molecular weight excluding hydrogens is 344 g/mol. The zero-order chi connectivity index (χ0) is 17.9. The fraction of sp³-hybridized carbons (Fsp3) is 0.455. The van der Waals surface area contributed by atoms with E-state index in [2.05, 4.69) is 6.07 Å². The van der Waals surface area contributed by atoms with Crippen LogP contribution in [0.4, 0.5) is 0 Å². The molecule has 2 aliphatic rings. The van der Waals surface area contributed by atoms with Gasteiger partial charge in [-0.3, -0.25) is 4.79 Å². The lowest BCUT2D eigenvalue weighted by Crippen LogP contribution is -2.14. The standard InChI is InChI=1S/C22H24O3S/c23-19(17-11-10-15-6-4-5-7-16(15)12-17)14-25-22(24)21-13-18-8-2-1-3-9-20(18)26-21/h10-13H,1-9,14H2. The Morgan fingerprint density at radius 2 is 1.58 bits per heavy atom. The van der Waals surface area contributed by atoms with Gasteiger partial charge in [-0.2, -0.15) is 0 Å². The minimum absolute atomic E-state index is 0.121. The minimum Gasteiger partial charge on any atom is -0.453 e. The number of rotatable bonds is 4. The van der Waals surface area contributed by atoms with Crippen LogP contribution in [-0.2, 0) is 30.4 Å². The molecule has 1 heterocycles. The van der Waals surface area contributed by atoms with Gasteiger partial charge in [-0.15, -0.1) is 11.3 Å². The largest absolute Gasteiger partial charge is 0.453 e. The highest BCUT2D eigenvalue weighted by molar-refractivity contribution is 7.14. The molecule has 1 aromatic heterocycles. The van der Waals surface area contributed by atoms with Crippen molar-refractivity contribution in [1.29, 1.82) is 0 Å². The van der Waals surface area contributed by atoms with Crippen LogP contribution in [0.15, 0.2) is 24.3 Å². The lowest BCUT2D eigenvalue weighted by atomic mass is 9.90. The van der Waals surface area contributed by atoms with Gasteiger partial charge in [-0.1, -0.05) is 18.6 Å². The van der Waals surface area contributed by atoms with Crippen LogP contribution in [0.1, 0.15) is 73.7 Å². The second-order valence-electron chi connectivity index (χ2n) is 7.31. The number of hydrogen-bond donors (Lipinski definition) is 0.